The van der Waals surface area contributed by atoms with E-state index in [-0.39, 0.29) is 11.4 Å². The van der Waals surface area contributed by atoms with Gasteiger partial charge >= 0.3 is 0 Å². The predicted molar refractivity (Wildman–Crippen MR) is 42.2 cm³/mol. The van der Waals surface area contributed by atoms with Crippen molar-refractivity contribution >= 4 is 5.91 Å². The van der Waals surface area contributed by atoms with Crippen molar-refractivity contribution in [2.24, 2.45) is 0 Å². The molecule has 3 heteroatoms. The molecule has 0 aromatic heterocycles. The number of carbonyl (C=O) groups excluding carboxylic acids is 1. The average Bonchev–Trinajstić information content (AvgIpc) is 2.31. The van der Waals surface area contributed by atoms with E-state index in [4.69, 9.17) is 0 Å². The molecule has 2 aliphatic rings. The molecule has 3 nitrogen and oxygen atoms in total. The van der Waals surface area contributed by atoms with E-state index in [0.29, 0.717) is 6.54 Å². The molecular formula is C8H14N2O. The molecule has 0 saturated carbocycles. The summed E-state index contributed by atoms with van der Waals surface area (Å²) in [5.41, 5.74) is 0.134. The van der Waals surface area contributed by atoms with E-state index in [0.717, 1.165) is 19.5 Å². The van der Waals surface area contributed by atoms with Crippen molar-refractivity contribution < 1.29 is 4.79 Å². The Hall–Kier alpha value is -0.570. The number of amides is 1. The normalized spacial score (nSPS) is 37.5. The Morgan fingerprint density at radius 2 is 2.45 bits per heavy atom. The number of piperazine rings is 1. The molecule has 11 heavy (non-hydrogen) atoms. The van der Waals surface area contributed by atoms with Crippen molar-refractivity contribution in [3.8, 4) is 0 Å². The first-order valence-corrected chi connectivity index (χ1v) is 4.24. The molecule has 0 radical (unpaired) electrons. The number of carbonyl (C=O) groups is 1. The summed E-state index contributed by atoms with van der Waals surface area (Å²) in [6, 6.07) is 0. The summed E-state index contributed by atoms with van der Waals surface area (Å²) in [7, 11) is 0. The summed E-state index contributed by atoms with van der Waals surface area (Å²) in [4.78, 5) is 13.4. The zero-order valence-electron chi connectivity index (χ0n) is 6.89. The largest absolute Gasteiger partial charge is 0.335 e. The van der Waals surface area contributed by atoms with Crippen LogP contribution in [0.1, 0.15) is 19.8 Å². The van der Waals surface area contributed by atoms with Crippen molar-refractivity contribution in [3.63, 3.8) is 0 Å². The molecule has 0 aliphatic carbocycles. The lowest BCUT2D eigenvalue weighted by Gasteiger charge is -2.39. The summed E-state index contributed by atoms with van der Waals surface area (Å²) < 4.78 is 0. The number of hydrogen-bond donors (Lipinski definition) is 1. The highest BCUT2D eigenvalue weighted by atomic mass is 16.2. The zero-order chi connectivity index (χ0) is 7.90. The van der Waals surface area contributed by atoms with Gasteiger partial charge < -0.3 is 10.2 Å². The molecular weight excluding hydrogens is 140 g/mol. The maximum absolute atomic E-state index is 11.3. The van der Waals surface area contributed by atoms with Crippen molar-refractivity contribution in [1.29, 1.82) is 0 Å². The van der Waals surface area contributed by atoms with Crippen LogP contribution in [0.2, 0.25) is 0 Å². The molecule has 2 aliphatic heterocycles. The van der Waals surface area contributed by atoms with E-state index in [1.165, 1.54) is 6.42 Å². The Bertz CT molecular complexity index is 193. The SMILES string of the molecule is CC12CCCN1C(=O)CNC2. The van der Waals surface area contributed by atoms with Crippen molar-refractivity contribution in [1.82, 2.24) is 10.2 Å². The molecule has 0 spiro atoms. The van der Waals surface area contributed by atoms with Gasteiger partial charge in [-0.3, -0.25) is 4.79 Å². The standard InChI is InChI=1S/C8H14N2O/c1-8-3-2-4-10(8)7(11)5-9-6-8/h9H,2-6H2,1H3. The van der Waals surface area contributed by atoms with E-state index in [9.17, 15) is 4.79 Å². The van der Waals surface area contributed by atoms with Gasteiger partial charge in [-0.2, -0.15) is 0 Å². The first-order valence-electron chi connectivity index (χ1n) is 4.24. The second-order valence-corrected chi connectivity index (χ2v) is 3.75. The van der Waals surface area contributed by atoms with Gasteiger partial charge in [-0.25, -0.2) is 0 Å². The summed E-state index contributed by atoms with van der Waals surface area (Å²) >= 11 is 0. The highest BCUT2D eigenvalue weighted by Crippen LogP contribution is 2.29. The lowest BCUT2D eigenvalue weighted by Crippen LogP contribution is -2.59. The van der Waals surface area contributed by atoms with Crippen LogP contribution in [0.4, 0.5) is 0 Å². The number of nitrogens with one attached hydrogen (secondary N) is 1. The van der Waals surface area contributed by atoms with Crippen LogP contribution in [-0.4, -0.2) is 36.0 Å². The molecule has 0 aromatic rings. The fraction of sp³-hybridized carbons (Fsp3) is 0.875. The zero-order valence-corrected chi connectivity index (χ0v) is 6.89. The number of fused-ring (bicyclic) bond motifs is 1. The lowest BCUT2D eigenvalue weighted by atomic mass is 9.97. The first kappa shape index (κ1) is 7.10. The minimum absolute atomic E-state index is 0.134. The smallest absolute Gasteiger partial charge is 0.237 e. The molecule has 1 atom stereocenters. The highest BCUT2D eigenvalue weighted by molar-refractivity contribution is 5.80. The molecule has 0 aromatic carbocycles. The van der Waals surface area contributed by atoms with Crippen LogP contribution < -0.4 is 5.32 Å². The van der Waals surface area contributed by atoms with Crippen LogP contribution in [0.25, 0.3) is 0 Å². The maximum atomic E-state index is 11.3. The lowest BCUT2D eigenvalue weighted by molar-refractivity contribution is -0.136. The van der Waals surface area contributed by atoms with E-state index < -0.39 is 0 Å². The molecule has 62 valence electrons. The van der Waals surface area contributed by atoms with E-state index in [2.05, 4.69) is 12.2 Å². The predicted octanol–water partition coefficient (Wildman–Crippen LogP) is -0.0293. The summed E-state index contributed by atoms with van der Waals surface area (Å²) in [5, 5.41) is 3.16. The third kappa shape index (κ3) is 0.948. The van der Waals surface area contributed by atoms with Gasteiger partial charge in [0.25, 0.3) is 0 Å². The minimum Gasteiger partial charge on any atom is -0.335 e. The molecule has 1 amide bonds. The van der Waals surface area contributed by atoms with Gasteiger partial charge in [-0.15, -0.1) is 0 Å². The minimum atomic E-state index is 0.134. The third-order valence-electron chi connectivity index (χ3n) is 2.83. The second kappa shape index (κ2) is 2.21. The monoisotopic (exact) mass is 154 g/mol. The van der Waals surface area contributed by atoms with Crippen molar-refractivity contribution in [3.05, 3.63) is 0 Å². The van der Waals surface area contributed by atoms with Crippen LogP contribution >= 0.6 is 0 Å². The van der Waals surface area contributed by atoms with E-state index >= 15 is 0 Å². The Kier molecular flexibility index (Phi) is 1.42. The molecule has 2 saturated heterocycles. The molecule has 1 unspecified atom stereocenters. The van der Waals surface area contributed by atoms with Crippen molar-refractivity contribution in [2.75, 3.05) is 19.6 Å². The van der Waals surface area contributed by atoms with Gasteiger partial charge in [-0.1, -0.05) is 0 Å². The van der Waals surface area contributed by atoms with Gasteiger partial charge in [0.2, 0.25) is 5.91 Å². The van der Waals surface area contributed by atoms with Gasteiger partial charge in [0.15, 0.2) is 0 Å². The Labute approximate surface area is 66.8 Å². The quantitative estimate of drug-likeness (QED) is 0.531. The molecule has 1 N–H and O–H groups in total. The van der Waals surface area contributed by atoms with Crippen LogP contribution in [0.3, 0.4) is 0 Å². The van der Waals surface area contributed by atoms with E-state index in [1.54, 1.807) is 0 Å². The van der Waals surface area contributed by atoms with E-state index in [1.807, 2.05) is 4.90 Å². The molecule has 2 heterocycles. The topological polar surface area (TPSA) is 32.3 Å². The Morgan fingerprint density at radius 1 is 1.64 bits per heavy atom. The van der Waals surface area contributed by atoms with Crippen LogP contribution in [0.15, 0.2) is 0 Å². The molecule has 0 bridgehead atoms. The Balaban J connectivity index is 2.22. The summed E-state index contributed by atoms with van der Waals surface area (Å²) in [5.74, 6) is 0.274. The number of hydrogen-bond acceptors (Lipinski definition) is 2. The number of nitrogens with zero attached hydrogens (tertiary/aromatic N) is 1. The van der Waals surface area contributed by atoms with Crippen LogP contribution in [0.5, 0.6) is 0 Å². The van der Waals surface area contributed by atoms with Crippen LogP contribution in [0, 0.1) is 0 Å². The third-order valence-corrected chi connectivity index (χ3v) is 2.83. The van der Waals surface area contributed by atoms with Crippen molar-refractivity contribution in [2.45, 2.75) is 25.3 Å². The number of rotatable bonds is 0. The highest BCUT2D eigenvalue weighted by Gasteiger charge is 2.41. The van der Waals surface area contributed by atoms with Crippen LogP contribution in [-0.2, 0) is 4.79 Å². The Morgan fingerprint density at radius 3 is 3.18 bits per heavy atom. The fourth-order valence-electron chi connectivity index (χ4n) is 2.17. The average molecular weight is 154 g/mol. The maximum Gasteiger partial charge on any atom is 0.237 e. The summed E-state index contributed by atoms with van der Waals surface area (Å²) in [6.45, 7) is 4.65. The fourth-order valence-corrected chi connectivity index (χ4v) is 2.17. The molecule has 2 rings (SSSR count). The van der Waals surface area contributed by atoms with Gasteiger partial charge in [0, 0.05) is 13.1 Å². The first-order chi connectivity index (χ1) is 5.22. The van der Waals surface area contributed by atoms with Gasteiger partial charge in [0.1, 0.15) is 0 Å². The van der Waals surface area contributed by atoms with Gasteiger partial charge in [-0.05, 0) is 19.8 Å². The van der Waals surface area contributed by atoms with Gasteiger partial charge in [0.05, 0.1) is 12.1 Å². The second-order valence-electron chi connectivity index (χ2n) is 3.75. The molecule has 2 fully saturated rings. The summed E-state index contributed by atoms with van der Waals surface area (Å²) in [6.07, 6.45) is 2.33.